The smallest absolute Gasteiger partial charge is 0.256 e. The summed E-state index contributed by atoms with van der Waals surface area (Å²) in [5.74, 6) is -0.100. The van der Waals surface area contributed by atoms with Gasteiger partial charge in [-0.3, -0.25) is 9.78 Å². The van der Waals surface area contributed by atoms with Gasteiger partial charge in [-0.2, -0.15) is 0 Å². The van der Waals surface area contributed by atoms with Gasteiger partial charge >= 0.3 is 0 Å². The van der Waals surface area contributed by atoms with Gasteiger partial charge < -0.3 is 14.9 Å². The Bertz CT molecular complexity index is 1120. The van der Waals surface area contributed by atoms with Crippen molar-refractivity contribution < 1.29 is 14.4 Å². The fourth-order valence-corrected chi connectivity index (χ4v) is 4.13. The van der Waals surface area contributed by atoms with Gasteiger partial charge in [-0.15, -0.1) is 0 Å². The number of nitrogens with zero attached hydrogens (tertiary/aromatic N) is 1. The van der Waals surface area contributed by atoms with Crippen LogP contribution in [0.3, 0.4) is 0 Å². The molecule has 30 heavy (non-hydrogen) atoms. The largest absolute Gasteiger partial charge is 0.320 e. The van der Waals surface area contributed by atoms with Gasteiger partial charge in [0.05, 0.1) is 11.2 Å². The number of Topliss-reactive ketones (excluding diaryl/α,β-unsaturated/α-hetero) is 2. The van der Waals surface area contributed by atoms with Gasteiger partial charge in [-0.1, -0.05) is 24.3 Å². The molecule has 1 amide bonds. The predicted octanol–water partition coefficient (Wildman–Crippen LogP) is 5.13. The van der Waals surface area contributed by atoms with Crippen molar-refractivity contribution in [2.45, 2.75) is 39.5 Å². The number of carbonyl (C=O) groups excluding carboxylic acids is 3. The first-order valence-electron chi connectivity index (χ1n) is 9.81. The molecule has 0 fully saturated rings. The predicted molar refractivity (Wildman–Crippen MR) is 127 cm³/mol. The molecule has 0 aliphatic rings. The summed E-state index contributed by atoms with van der Waals surface area (Å²) in [4.78, 5) is 41.0. The lowest BCUT2D eigenvalue weighted by Crippen LogP contribution is -2.19. The van der Waals surface area contributed by atoms with Crippen LogP contribution in [-0.2, 0) is 22.4 Å². The highest BCUT2D eigenvalue weighted by Gasteiger charge is 2.20. The molecule has 3 aromatic rings. The minimum absolute atomic E-state index is 0.0726. The zero-order chi connectivity index (χ0) is 21.7. The van der Waals surface area contributed by atoms with E-state index in [0.717, 1.165) is 25.6 Å². The van der Waals surface area contributed by atoms with E-state index in [1.165, 1.54) is 0 Å². The van der Waals surface area contributed by atoms with Crippen LogP contribution in [0, 0.1) is 3.57 Å². The average molecular weight is 514 g/mol. The number of aromatic nitrogens is 1. The zero-order valence-corrected chi connectivity index (χ0v) is 19.2. The molecular formula is C24H23IN2O3. The quantitative estimate of drug-likeness (QED) is 0.423. The van der Waals surface area contributed by atoms with Crippen molar-refractivity contribution in [3.8, 4) is 0 Å². The zero-order valence-electron chi connectivity index (χ0n) is 17.0. The van der Waals surface area contributed by atoms with E-state index in [0.29, 0.717) is 36.9 Å². The van der Waals surface area contributed by atoms with Crippen molar-refractivity contribution >= 4 is 56.7 Å². The highest BCUT2D eigenvalue weighted by Crippen LogP contribution is 2.27. The average Bonchev–Trinajstić information content (AvgIpc) is 2.71. The molecule has 0 saturated heterocycles. The van der Waals surface area contributed by atoms with Crippen LogP contribution in [-0.4, -0.2) is 22.5 Å². The second-order valence-corrected chi connectivity index (χ2v) is 8.46. The lowest BCUT2D eigenvalue weighted by Gasteiger charge is -2.17. The molecule has 2 aromatic carbocycles. The summed E-state index contributed by atoms with van der Waals surface area (Å²) in [6.07, 6.45) is 3.39. The molecule has 1 N–H and O–H groups in total. The number of anilines is 1. The first-order valence-corrected chi connectivity index (χ1v) is 10.9. The van der Waals surface area contributed by atoms with Crippen LogP contribution in [0.1, 0.15) is 48.2 Å². The maximum atomic E-state index is 13.4. The molecule has 0 bridgehead atoms. The SMILES string of the molecule is CC(=O)CCc1ccc(I)c(CCC(C)=O)c1C(=O)Nc1cccc2cccnc12. The normalized spacial score (nSPS) is 10.8. The van der Waals surface area contributed by atoms with E-state index in [1.54, 1.807) is 20.0 Å². The maximum absolute atomic E-state index is 13.4. The molecule has 154 valence electrons. The number of pyridine rings is 1. The minimum atomic E-state index is -0.247. The third-order valence-corrected chi connectivity index (χ3v) is 5.93. The Morgan fingerprint density at radius 2 is 1.63 bits per heavy atom. The summed E-state index contributed by atoms with van der Waals surface area (Å²) in [5.41, 5.74) is 3.56. The van der Waals surface area contributed by atoms with Crippen LogP contribution in [0.15, 0.2) is 48.7 Å². The Morgan fingerprint density at radius 3 is 2.37 bits per heavy atom. The highest BCUT2D eigenvalue weighted by molar-refractivity contribution is 14.1. The topological polar surface area (TPSA) is 76.1 Å². The van der Waals surface area contributed by atoms with Gasteiger partial charge in [0.2, 0.25) is 0 Å². The van der Waals surface area contributed by atoms with Gasteiger partial charge in [0.1, 0.15) is 11.6 Å². The number of aryl methyl sites for hydroxylation is 1. The van der Waals surface area contributed by atoms with E-state index in [2.05, 4.69) is 32.9 Å². The molecule has 0 atom stereocenters. The number of carbonyl (C=O) groups is 3. The molecule has 0 spiro atoms. The lowest BCUT2D eigenvalue weighted by atomic mass is 9.93. The third kappa shape index (κ3) is 5.30. The van der Waals surface area contributed by atoms with E-state index in [4.69, 9.17) is 0 Å². The molecule has 5 nitrogen and oxygen atoms in total. The number of halogens is 1. The Morgan fingerprint density at radius 1 is 0.933 bits per heavy atom. The number of amides is 1. The Labute approximate surface area is 189 Å². The van der Waals surface area contributed by atoms with Gasteiger partial charge in [-0.05, 0) is 78.6 Å². The summed E-state index contributed by atoms with van der Waals surface area (Å²) in [5, 5.41) is 3.95. The van der Waals surface area contributed by atoms with Crippen LogP contribution in [0.5, 0.6) is 0 Å². The Hall–Kier alpha value is -2.61. The van der Waals surface area contributed by atoms with Crippen molar-refractivity contribution in [2.24, 2.45) is 0 Å². The number of ketones is 2. The molecule has 1 aromatic heterocycles. The summed E-state index contributed by atoms with van der Waals surface area (Å²) < 4.78 is 0.932. The molecule has 0 unspecified atom stereocenters. The highest BCUT2D eigenvalue weighted by atomic mass is 127. The second kappa shape index (κ2) is 9.93. The van der Waals surface area contributed by atoms with E-state index >= 15 is 0 Å². The fourth-order valence-electron chi connectivity index (χ4n) is 3.41. The number of fused-ring (bicyclic) bond motifs is 1. The standard InChI is InChI=1S/C24H23IN2O3/c1-15(28)8-10-17-11-13-20(25)19(12-9-16(2)29)22(17)24(30)27-21-7-3-5-18-6-4-14-26-23(18)21/h3-7,11,13-14H,8-10,12H2,1-2H3,(H,27,30). The lowest BCUT2D eigenvalue weighted by molar-refractivity contribution is -0.117. The van der Waals surface area contributed by atoms with Gasteiger partial charge in [0, 0.05) is 33.6 Å². The van der Waals surface area contributed by atoms with E-state index in [-0.39, 0.29) is 17.5 Å². The molecule has 3 rings (SSSR count). The first-order chi connectivity index (χ1) is 14.4. The van der Waals surface area contributed by atoms with Crippen molar-refractivity contribution in [3.63, 3.8) is 0 Å². The van der Waals surface area contributed by atoms with Crippen LogP contribution >= 0.6 is 22.6 Å². The number of para-hydroxylation sites is 1. The summed E-state index contributed by atoms with van der Waals surface area (Å²) in [6, 6.07) is 13.3. The molecular weight excluding hydrogens is 491 g/mol. The molecule has 6 heteroatoms. The number of benzene rings is 2. The monoisotopic (exact) mass is 514 g/mol. The third-order valence-electron chi connectivity index (χ3n) is 4.92. The van der Waals surface area contributed by atoms with Crippen molar-refractivity contribution in [3.05, 3.63) is 68.9 Å². The van der Waals surface area contributed by atoms with Gasteiger partial charge in [0.15, 0.2) is 0 Å². The number of hydrogen-bond donors (Lipinski definition) is 1. The Kier molecular flexibility index (Phi) is 7.31. The molecule has 0 radical (unpaired) electrons. The van der Waals surface area contributed by atoms with Gasteiger partial charge in [-0.25, -0.2) is 0 Å². The number of nitrogens with one attached hydrogen (secondary N) is 1. The van der Waals surface area contributed by atoms with Gasteiger partial charge in [0.25, 0.3) is 5.91 Å². The summed E-state index contributed by atoms with van der Waals surface area (Å²) >= 11 is 2.20. The molecule has 0 aliphatic heterocycles. The first kappa shape index (κ1) is 22.1. The summed E-state index contributed by atoms with van der Waals surface area (Å²) in [7, 11) is 0. The van der Waals surface area contributed by atoms with E-state index in [1.807, 2.05) is 42.5 Å². The number of hydrogen-bond acceptors (Lipinski definition) is 4. The number of rotatable bonds is 8. The van der Waals surface area contributed by atoms with Crippen LogP contribution in [0.2, 0.25) is 0 Å². The molecule has 1 heterocycles. The van der Waals surface area contributed by atoms with E-state index in [9.17, 15) is 14.4 Å². The van der Waals surface area contributed by atoms with Crippen LogP contribution < -0.4 is 5.32 Å². The minimum Gasteiger partial charge on any atom is -0.320 e. The Balaban J connectivity index is 2.03. The van der Waals surface area contributed by atoms with Crippen LogP contribution in [0.25, 0.3) is 10.9 Å². The van der Waals surface area contributed by atoms with Crippen molar-refractivity contribution in [1.29, 1.82) is 0 Å². The maximum Gasteiger partial charge on any atom is 0.256 e. The van der Waals surface area contributed by atoms with Crippen molar-refractivity contribution in [1.82, 2.24) is 4.98 Å². The summed E-state index contributed by atoms with van der Waals surface area (Å²) in [6.45, 7) is 3.10. The molecule has 0 saturated carbocycles. The second-order valence-electron chi connectivity index (χ2n) is 7.30. The van der Waals surface area contributed by atoms with Crippen LogP contribution in [0.4, 0.5) is 5.69 Å². The van der Waals surface area contributed by atoms with E-state index < -0.39 is 0 Å². The fraction of sp³-hybridized carbons (Fsp3) is 0.250. The molecule has 0 aliphatic carbocycles. The van der Waals surface area contributed by atoms with Crippen molar-refractivity contribution in [2.75, 3.05) is 5.32 Å².